The molecule has 3 atom stereocenters. The van der Waals surface area contributed by atoms with Crippen LogP contribution in [-0.2, 0) is 4.79 Å². The smallest absolute Gasteiger partial charge is 0.239 e. The minimum absolute atomic E-state index is 0.0323. The zero-order valence-corrected chi connectivity index (χ0v) is 13.7. The molecule has 1 aliphatic heterocycles. The van der Waals surface area contributed by atoms with Gasteiger partial charge in [0, 0.05) is 25.2 Å². The lowest BCUT2D eigenvalue weighted by atomic mass is 9.98. The summed E-state index contributed by atoms with van der Waals surface area (Å²) in [7, 11) is 3.60. The SMILES string of the molecule is CC(N)C(c1ccccc1Cl)N1CCCC1C(=O)N(C)C. The fourth-order valence-electron chi connectivity index (χ4n) is 3.16. The van der Waals surface area contributed by atoms with Crippen molar-refractivity contribution in [2.24, 2.45) is 5.73 Å². The number of amides is 1. The van der Waals surface area contributed by atoms with E-state index in [-0.39, 0.29) is 24.0 Å². The Labute approximate surface area is 131 Å². The fraction of sp³-hybridized carbons (Fsp3) is 0.562. The Bertz CT molecular complexity index is 504. The molecule has 1 aromatic carbocycles. The highest BCUT2D eigenvalue weighted by Gasteiger charge is 2.38. The van der Waals surface area contributed by atoms with Gasteiger partial charge in [-0.15, -0.1) is 0 Å². The van der Waals surface area contributed by atoms with Crippen molar-refractivity contribution in [1.29, 1.82) is 0 Å². The van der Waals surface area contributed by atoms with Crippen molar-refractivity contribution in [2.45, 2.75) is 37.9 Å². The maximum absolute atomic E-state index is 12.4. The van der Waals surface area contributed by atoms with Crippen molar-refractivity contribution in [3.63, 3.8) is 0 Å². The van der Waals surface area contributed by atoms with Crippen molar-refractivity contribution >= 4 is 17.5 Å². The molecule has 1 amide bonds. The third-order valence-electron chi connectivity index (χ3n) is 4.10. The molecule has 0 spiro atoms. The molecule has 0 saturated carbocycles. The van der Waals surface area contributed by atoms with Crippen molar-refractivity contribution in [3.05, 3.63) is 34.9 Å². The number of likely N-dealkylation sites (tertiary alicyclic amines) is 1. The fourth-order valence-corrected chi connectivity index (χ4v) is 3.41. The molecular weight excluding hydrogens is 286 g/mol. The van der Waals surface area contributed by atoms with E-state index in [9.17, 15) is 4.79 Å². The summed E-state index contributed by atoms with van der Waals surface area (Å²) in [6.07, 6.45) is 1.89. The highest BCUT2D eigenvalue weighted by Crippen LogP contribution is 2.35. The molecule has 3 unspecified atom stereocenters. The largest absolute Gasteiger partial charge is 0.347 e. The Morgan fingerprint density at radius 3 is 2.67 bits per heavy atom. The summed E-state index contributed by atoms with van der Waals surface area (Å²) in [4.78, 5) is 16.3. The number of hydrogen-bond donors (Lipinski definition) is 1. The van der Waals surface area contributed by atoms with Crippen LogP contribution in [0.25, 0.3) is 0 Å². The van der Waals surface area contributed by atoms with Gasteiger partial charge in [-0.3, -0.25) is 9.69 Å². The predicted octanol–water partition coefficient (Wildman–Crippen LogP) is 2.28. The first-order chi connectivity index (χ1) is 9.93. The maximum atomic E-state index is 12.4. The monoisotopic (exact) mass is 309 g/mol. The maximum Gasteiger partial charge on any atom is 0.239 e. The van der Waals surface area contributed by atoms with Crippen molar-refractivity contribution < 1.29 is 4.79 Å². The molecular formula is C16H24ClN3O. The summed E-state index contributed by atoms with van der Waals surface area (Å²) < 4.78 is 0. The van der Waals surface area contributed by atoms with Gasteiger partial charge >= 0.3 is 0 Å². The van der Waals surface area contributed by atoms with Crippen molar-refractivity contribution in [1.82, 2.24) is 9.80 Å². The lowest BCUT2D eigenvalue weighted by molar-refractivity contribution is -0.134. The first-order valence-electron chi connectivity index (χ1n) is 7.40. The van der Waals surface area contributed by atoms with E-state index in [4.69, 9.17) is 17.3 Å². The number of carbonyl (C=O) groups excluding carboxylic acids is 1. The van der Waals surface area contributed by atoms with E-state index in [0.29, 0.717) is 5.02 Å². The molecule has 0 radical (unpaired) electrons. The Balaban J connectivity index is 2.34. The molecule has 1 fully saturated rings. The number of rotatable bonds is 4. The van der Waals surface area contributed by atoms with Crippen LogP contribution in [0, 0.1) is 0 Å². The molecule has 116 valence electrons. The first kappa shape index (κ1) is 16.3. The number of nitrogens with zero attached hydrogens (tertiary/aromatic N) is 2. The number of nitrogens with two attached hydrogens (primary N) is 1. The van der Waals surface area contributed by atoms with Crippen molar-refractivity contribution in [3.8, 4) is 0 Å². The van der Waals surface area contributed by atoms with Crippen LogP contribution in [0.4, 0.5) is 0 Å². The summed E-state index contributed by atoms with van der Waals surface area (Å²) >= 11 is 6.35. The highest BCUT2D eigenvalue weighted by atomic mass is 35.5. The van der Waals surface area contributed by atoms with Crippen LogP contribution in [-0.4, -0.2) is 48.4 Å². The molecule has 2 N–H and O–H groups in total. The molecule has 1 heterocycles. The zero-order valence-electron chi connectivity index (χ0n) is 12.9. The molecule has 1 aliphatic rings. The second-order valence-electron chi connectivity index (χ2n) is 5.95. The van der Waals surface area contributed by atoms with Crippen LogP contribution in [0.2, 0.25) is 5.02 Å². The van der Waals surface area contributed by atoms with Gasteiger partial charge in [-0.05, 0) is 37.9 Å². The van der Waals surface area contributed by atoms with Gasteiger partial charge in [-0.1, -0.05) is 29.8 Å². The van der Waals surface area contributed by atoms with E-state index < -0.39 is 0 Å². The van der Waals surface area contributed by atoms with E-state index in [1.54, 1.807) is 19.0 Å². The molecule has 5 heteroatoms. The van der Waals surface area contributed by atoms with Crippen LogP contribution >= 0.6 is 11.6 Å². The average Bonchev–Trinajstić information content (AvgIpc) is 2.89. The number of halogens is 1. The quantitative estimate of drug-likeness (QED) is 0.928. The Morgan fingerprint density at radius 1 is 1.43 bits per heavy atom. The summed E-state index contributed by atoms with van der Waals surface area (Å²) in [6.45, 7) is 2.85. The Kier molecular flexibility index (Phi) is 5.25. The summed E-state index contributed by atoms with van der Waals surface area (Å²) in [5, 5.41) is 0.711. The number of likely N-dealkylation sites (N-methyl/N-ethyl adjacent to an activating group) is 1. The summed E-state index contributed by atoms with van der Waals surface area (Å²) in [6, 6.07) is 7.53. The van der Waals surface area contributed by atoms with Crippen LogP contribution in [0.3, 0.4) is 0 Å². The number of benzene rings is 1. The van der Waals surface area contributed by atoms with Gasteiger partial charge in [0.1, 0.15) is 0 Å². The number of hydrogen-bond acceptors (Lipinski definition) is 3. The molecule has 4 nitrogen and oxygen atoms in total. The molecule has 21 heavy (non-hydrogen) atoms. The topological polar surface area (TPSA) is 49.6 Å². The van der Waals surface area contributed by atoms with Crippen LogP contribution in [0.5, 0.6) is 0 Å². The van der Waals surface area contributed by atoms with Gasteiger partial charge in [-0.2, -0.15) is 0 Å². The lowest BCUT2D eigenvalue weighted by Gasteiger charge is -2.36. The van der Waals surface area contributed by atoms with Crippen LogP contribution in [0.15, 0.2) is 24.3 Å². The Hall–Kier alpha value is -1.10. The van der Waals surface area contributed by atoms with E-state index in [1.165, 1.54) is 0 Å². The highest BCUT2D eigenvalue weighted by molar-refractivity contribution is 6.31. The van der Waals surface area contributed by atoms with Gasteiger partial charge in [0.05, 0.1) is 12.1 Å². The molecule has 1 saturated heterocycles. The minimum atomic E-state index is -0.104. The van der Waals surface area contributed by atoms with Gasteiger partial charge in [0.2, 0.25) is 5.91 Å². The molecule has 0 bridgehead atoms. The first-order valence-corrected chi connectivity index (χ1v) is 7.78. The normalized spacial score (nSPS) is 22.0. The van der Waals surface area contributed by atoms with E-state index in [1.807, 2.05) is 31.2 Å². The second-order valence-corrected chi connectivity index (χ2v) is 6.36. The van der Waals surface area contributed by atoms with E-state index in [2.05, 4.69) is 4.90 Å². The van der Waals surface area contributed by atoms with Gasteiger partial charge in [-0.25, -0.2) is 0 Å². The van der Waals surface area contributed by atoms with Crippen molar-refractivity contribution in [2.75, 3.05) is 20.6 Å². The van der Waals surface area contributed by atoms with Gasteiger partial charge in [0.25, 0.3) is 0 Å². The molecule has 2 rings (SSSR count). The molecule has 0 aromatic heterocycles. The van der Waals surface area contributed by atoms with E-state index >= 15 is 0 Å². The van der Waals surface area contributed by atoms with Gasteiger partial charge in [0.15, 0.2) is 0 Å². The third kappa shape index (κ3) is 3.39. The van der Waals surface area contributed by atoms with Crippen LogP contribution < -0.4 is 5.73 Å². The van der Waals surface area contributed by atoms with E-state index in [0.717, 1.165) is 24.9 Å². The Morgan fingerprint density at radius 2 is 2.10 bits per heavy atom. The average molecular weight is 310 g/mol. The minimum Gasteiger partial charge on any atom is -0.347 e. The molecule has 0 aliphatic carbocycles. The predicted molar refractivity (Wildman–Crippen MR) is 86.3 cm³/mol. The lowest BCUT2D eigenvalue weighted by Crippen LogP contribution is -2.48. The zero-order chi connectivity index (χ0) is 15.6. The third-order valence-corrected chi connectivity index (χ3v) is 4.44. The molecule has 1 aromatic rings. The standard InChI is InChI=1S/C16H24ClN3O/c1-11(18)15(12-7-4-5-8-13(12)17)20-10-6-9-14(20)16(21)19(2)3/h4-5,7-8,11,14-15H,6,9-10,18H2,1-3H3. The van der Waals surface area contributed by atoms with Gasteiger partial charge < -0.3 is 10.6 Å². The second kappa shape index (κ2) is 6.77. The summed E-state index contributed by atoms with van der Waals surface area (Å²) in [5.74, 6) is 0.144. The summed E-state index contributed by atoms with van der Waals surface area (Å²) in [5.41, 5.74) is 7.24. The number of carbonyl (C=O) groups is 1. The van der Waals surface area contributed by atoms with Crippen LogP contribution in [0.1, 0.15) is 31.4 Å².